The molecule has 2 atom stereocenters. The highest BCUT2D eigenvalue weighted by Gasteiger charge is 2.16. The van der Waals surface area contributed by atoms with Crippen LogP contribution in [-0.4, -0.2) is 118 Å². The Morgan fingerprint density at radius 1 is 0.627 bits per heavy atom. The van der Waals surface area contributed by atoms with E-state index in [-0.39, 0.29) is 24.8 Å². The molecule has 1 unspecified atom stereocenters. The van der Waals surface area contributed by atoms with E-state index in [2.05, 4.69) is 25.5 Å². The van der Waals surface area contributed by atoms with Crippen LogP contribution < -0.4 is 11.1 Å². The van der Waals surface area contributed by atoms with Crippen LogP contribution >= 0.6 is 19.1 Å². The van der Waals surface area contributed by atoms with Gasteiger partial charge in [0.1, 0.15) is 7.34 Å². The van der Waals surface area contributed by atoms with Gasteiger partial charge in [0, 0.05) is 37.4 Å². The van der Waals surface area contributed by atoms with Crippen molar-refractivity contribution in [2.24, 2.45) is 5.73 Å². The first kappa shape index (κ1) is 50.8. The van der Waals surface area contributed by atoms with Crippen molar-refractivity contribution in [3.05, 3.63) is 0 Å². The van der Waals surface area contributed by atoms with E-state index < -0.39 is 13.4 Å². The Balaban J connectivity index is 4.13. The predicted molar refractivity (Wildman–Crippen MR) is 218 cm³/mol. The van der Waals surface area contributed by atoms with Gasteiger partial charge in [-0.15, -0.1) is 0 Å². The molecule has 0 radical (unpaired) electrons. The van der Waals surface area contributed by atoms with E-state index in [4.69, 9.17) is 29.4 Å². The summed E-state index contributed by atoms with van der Waals surface area (Å²) >= 11 is 1.65. The SMILES string of the molecule is C=P(O)(O)CCOCCOCCOCCNC(=O)[C@@H](N)CSCC(COCCCCCCCCCCCC)OCCCCCCCCCCCC. The van der Waals surface area contributed by atoms with Gasteiger partial charge in [0.15, 0.2) is 0 Å². The summed E-state index contributed by atoms with van der Waals surface area (Å²) in [4.78, 5) is 30.9. The van der Waals surface area contributed by atoms with E-state index in [9.17, 15) is 14.6 Å². The second-order valence-electron chi connectivity index (χ2n) is 13.8. The second kappa shape index (κ2) is 39.5. The first-order chi connectivity index (χ1) is 24.8. The van der Waals surface area contributed by atoms with Crippen molar-refractivity contribution in [1.29, 1.82) is 0 Å². The van der Waals surface area contributed by atoms with Gasteiger partial charge in [-0.2, -0.15) is 11.8 Å². The Morgan fingerprint density at radius 3 is 1.59 bits per heavy atom. The van der Waals surface area contributed by atoms with Gasteiger partial charge in [-0.05, 0) is 12.8 Å². The van der Waals surface area contributed by atoms with Gasteiger partial charge >= 0.3 is 0 Å². The van der Waals surface area contributed by atoms with Crippen LogP contribution in [0.2, 0.25) is 0 Å². The van der Waals surface area contributed by atoms with Crippen LogP contribution in [0.5, 0.6) is 0 Å². The standard InChI is InChI=1S/C39H81N2O8PS/c1-4-6-8-10-12-14-16-18-20-22-25-48-34-37(49-26-23-21-19-17-15-13-11-9-7-5-2)35-51-36-38(40)39(42)41-24-27-45-28-29-46-30-31-47-32-33-50(3,43)44/h37-38,43-44H,3-36,40H2,1-2H3,(H,41,42)/t37?,38-/m0/s1. The summed E-state index contributed by atoms with van der Waals surface area (Å²) in [5.74, 6) is 1.10. The van der Waals surface area contributed by atoms with Gasteiger partial charge in [-0.25, -0.2) is 0 Å². The molecule has 10 nitrogen and oxygen atoms in total. The number of hydrogen-bond acceptors (Lipinski definition) is 10. The lowest BCUT2D eigenvalue weighted by molar-refractivity contribution is -0.122. The predicted octanol–water partition coefficient (Wildman–Crippen LogP) is 7.72. The molecule has 0 aromatic carbocycles. The second-order valence-corrected chi connectivity index (χ2v) is 17.1. The quantitative estimate of drug-likeness (QED) is 0.0360. The lowest BCUT2D eigenvalue weighted by atomic mass is 10.1. The highest BCUT2D eigenvalue weighted by Crippen LogP contribution is 2.32. The maximum Gasteiger partial charge on any atom is 0.237 e. The molecule has 0 fully saturated rings. The molecule has 0 aliphatic heterocycles. The number of amides is 1. The molecule has 0 heterocycles. The minimum absolute atomic E-state index is 0.00430. The van der Waals surface area contributed by atoms with Crippen LogP contribution in [0.25, 0.3) is 0 Å². The van der Waals surface area contributed by atoms with E-state index in [0.29, 0.717) is 51.9 Å². The van der Waals surface area contributed by atoms with E-state index in [1.165, 1.54) is 116 Å². The van der Waals surface area contributed by atoms with E-state index >= 15 is 0 Å². The molecule has 5 N–H and O–H groups in total. The van der Waals surface area contributed by atoms with Crippen molar-refractivity contribution >= 4 is 31.3 Å². The van der Waals surface area contributed by atoms with Gasteiger partial charge in [0.2, 0.25) is 5.91 Å². The number of hydrogen-bond donors (Lipinski definition) is 4. The fraction of sp³-hybridized carbons (Fsp3) is 0.949. The summed E-state index contributed by atoms with van der Waals surface area (Å²) in [6.07, 6.45) is 29.6. The zero-order chi connectivity index (χ0) is 37.5. The van der Waals surface area contributed by atoms with Gasteiger partial charge < -0.3 is 44.5 Å². The number of unbranched alkanes of at least 4 members (excludes halogenated alkanes) is 18. The van der Waals surface area contributed by atoms with Crippen LogP contribution in [0.4, 0.5) is 0 Å². The molecule has 0 bridgehead atoms. The molecule has 0 aromatic heterocycles. The number of carbonyl (C=O) groups excluding carboxylic acids is 1. The molecule has 0 aromatic rings. The van der Waals surface area contributed by atoms with Gasteiger partial charge in [0.25, 0.3) is 0 Å². The molecule has 0 aliphatic carbocycles. The molecule has 0 rings (SSSR count). The molecular formula is C39H81N2O8PS. The average Bonchev–Trinajstić information content (AvgIpc) is 3.10. The number of ether oxygens (including phenoxy) is 5. The zero-order valence-electron chi connectivity index (χ0n) is 33.0. The van der Waals surface area contributed by atoms with Gasteiger partial charge in [0.05, 0.1) is 58.4 Å². The minimum atomic E-state index is -3.02. The van der Waals surface area contributed by atoms with E-state index in [1.54, 1.807) is 11.8 Å². The lowest BCUT2D eigenvalue weighted by Gasteiger charge is -2.19. The van der Waals surface area contributed by atoms with Crippen molar-refractivity contribution in [2.45, 2.75) is 154 Å². The number of thioether (sulfide) groups is 1. The van der Waals surface area contributed by atoms with Crippen molar-refractivity contribution in [2.75, 3.05) is 83.7 Å². The van der Waals surface area contributed by atoms with Crippen LogP contribution in [0.3, 0.4) is 0 Å². The zero-order valence-corrected chi connectivity index (χ0v) is 34.7. The van der Waals surface area contributed by atoms with Crippen molar-refractivity contribution in [1.82, 2.24) is 5.32 Å². The van der Waals surface area contributed by atoms with Crippen molar-refractivity contribution in [3.8, 4) is 0 Å². The molecule has 12 heteroatoms. The molecule has 0 aliphatic rings. The fourth-order valence-corrected chi connectivity index (χ4v) is 6.84. The number of nitrogens with two attached hydrogens (primary N) is 1. The third-order valence-corrected chi connectivity index (χ3v) is 10.7. The van der Waals surface area contributed by atoms with E-state index in [1.807, 2.05) is 0 Å². The summed E-state index contributed by atoms with van der Waals surface area (Å²) in [5.41, 5.74) is 6.18. The summed E-state index contributed by atoms with van der Waals surface area (Å²) < 4.78 is 28.5. The maximum atomic E-state index is 12.5. The molecular weight excluding hydrogens is 687 g/mol. The monoisotopic (exact) mass is 769 g/mol. The molecule has 0 saturated carbocycles. The normalized spacial score (nSPS) is 13.1. The van der Waals surface area contributed by atoms with Crippen LogP contribution in [-0.2, 0) is 28.5 Å². The largest absolute Gasteiger partial charge is 0.379 e. The highest BCUT2D eigenvalue weighted by atomic mass is 32.2. The maximum absolute atomic E-state index is 12.5. The van der Waals surface area contributed by atoms with Crippen LogP contribution in [0.1, 0.15) is 142 Å². The summed E-state index contributed by atoms with van der Waals surface area (Å²) in [6, 6.07) is -0.596. The van der Waals surface area contributed by atoms with Crippen LogP contribution in [0, 0.1) is 0 Å². The Labute approximate surface area is 317 Å². The lowest BCUT2D eigenvalue weighted by Crippen LogP contribution is -2.43. The van der Waals surface area contributed by atoms with Gasteiger partial charge in [-0.3, -0.25) is 4.79 Å². The van der Waals surface area contributed by atoms with Crippen molar-refractivity contribution < 1.29 is 38.3 Å². The first-order valence-electron chi connectivity index (χ1n) is 20.5. The van der Waals surface area contributed by atoms with Crippen LogP contribution in [0.15, 0.2) is 0 Å². The summed E-state index contributed by atoms with van der Waals surface area (Å²) in [6.45, 7) is 9.22. The Bertz CT molecular complexity index is 779. The molecule has 0 saturated heterocycles. The fourth-order valence-electron chi connectivity index (χ4n) is 5.42. The molecule has 0 spiro atoms. The molecule has 51 heavy (non-hydrogen) atoms. The van der Waals surface area contributed by atoms with Crippen molar-refractivity contribution in [3.63, 3.8) is 0 Å². The number of nitrogens with one attached hydrogen (secondary N) is 1. The first-order valence-corrected chi connectivity index (χ1v) is 23.7. The van der Waals surface area contributed by atoms with E-state index in [0.717, 1.165) is 31.8 Å². The summed E-state index contributed by atoms with van der Waals surface area (Å²) in [7, 11) is -3.02. The molecule has 306 valence electrons. The third kappa shape index (κ3) is 40.8. The number of rotatable bonds is 42. The topological polar surface area (TPSA) is 142 Å². The highest BCUT2D eigenvalue weighted by molar-refractivity contribution is 7.99. The minimum Gasteiger partial charge on any atom is -0.379 e. The average molecular weight is 769 g/mol. The summed E-state index contributed by atoms with van der Waals surface area (Å²) in [5, 5.41) is 2.85. The van der Waals surface area contributed by atoms with Gasteiger partial charge in [-0.1, -0.05) is 136 Å². The smallest absolute Gasteiger partial charge is 0.237 e. The Kier molecular flexibility index (Phi) is 39.3. The molecule has 1 amide bonds. The third-order valence-electron chi connectivity index (χ3n) is 8.62. The Morgan fingerprint density at radius 2 is 1.08 bits per heavy atom. The number of carbonyl (C=O) groups is 1. The Hall–Kier alpha value is -0.200.